The van der Waals surface area contributed by atoms with Crippen LogP contribution in [0.1, 0.15) is 29.8 Å². The van der Waals surface area contributed by atoms with Gasteiger partial charge in [-0.3, -0.25) is 4.79 Å². The van der Waals surface area contributed by atoms with E-state index < -0.39 is 10.8 Å². The van der Waals surface area contributed by atoms with Gasteiger partial charge in [0.25, 0.3) is 0 Å². The predicted octanol–water partition coefficient (Wildman–Crippen LogP) is 2.51. The molecular formula is C12H13ClO3. The van der Waals surface area contributed by atoms with Gasteiger partial charge in [0.05, 0.1) is 5.56 Å². The Kier molecular flexibility index (Phi) is 3.70. The molecule has 0 heterocycles. The molecule has 0 aliphatic heterocycles. The summed E-state index contributed by atoms with van der Waals surface area (Å²) in [5, 5.41) is 8.72. The van der Waals surface area contributed by atoms with E-state index in [9.17, 15) is 9.59 Å². The Morgan fingerprint density at radius 1 is 1.31 bits per heavy atom. The van der Waals surface area contributed by atoms with Crippen molar-refractivity contribution in [3.8, 4) is 0 Å². The van der Waals surface area contributed by atoms with Crippen LogP contribution in [0.15, 0.2) is 24.3 Å². The lowest BCUT2D eigenvalue weighted by molar-refractivity contribution is -0.119. The molecule has 0 aliphatic carbocycles. The third-order valence-corrected chi connectivity index (χ3v) is 2.87. The molecule has 0 aliphatic rings. The van der Waals surface area contributed by atoms with Crippen LogP contribution in [0.5, 0.6) is 0 Å². The first-order valence-corrected chi connectivity index (χ1v) is 5.23. The number of rotatable bonds is 4. The summed E-state index contributed by atoms with van der Waals surface area (Å²) in [6.45, 7) is 3.10. The van der Waals surface area contributed by atoms with Gasteiger partial charge in [0.15, 0.2) is 5.78 Å². The van der Waals surface area contributed by atoms with Crippen molar-refractivity contribution < 1.29 is 14.7 Å². The molecule has 0 bridgehead atoms. The van der Waals surface area contributed by atoms with Crippen molar-refractivity contribution in [2.75, 3.05) is 0 Å². The number of hydrogen-bond acceptors (Lipinski definition) is 2. The largest absolute Gasteiger partial charge is 0.478 e. The first-order valence-electron chi connectivity index (χ1n) is 4.85. The van der Waals surface area contributed by atoms with Gasteiger partial charge >= 0.3 is 5.97 Å². The van der Waals surface area contributed by atoms with Crippen LogP contribution in [0.3, 0.4) is 0 Å². The highest BCUT2D eigenvalue weighted by Gasteiger charge is 2.26. The van der Waals surface area contributed by atoms with E-state index in [0.717, 1.165) is 5.56 Å². The molecule has 0 aromatic heterocycles. The van der Waals surface area contributed by atoms with Crippen molar-refractivity contribution in [2.24, 2.45) is 0 Å². The second-order valence-corrected chi connectivity index (χ2v) is 4.77. The number of carboxylic acid groups (broad SMARTS) is 1. The number of halogens is 1. The number of alkyl halides is 1. The molecule has 1 aromatic carbocycles. The highest BCUT2D eigenvalue weighted by molar-refractivity contribution is 6.34. The topological polar surface area (TPSA) is 54.4 Å². The molecule has 1 N–H and O–H groups in total. The van der Waals surface area contributed by atoms with Crippen LogP contribution in [0.4, 0.5) is 0 Å². The summed E-state index contributed by atoms with van der Waals surface area (Å²) < 4.78 is 0. The van der Waals surface area contributed by atoms with Crippen LogP contribution in [0, 0.1) is 0 Å². The zero-order valence-corrected chi connectivity index (χ0v) is 9.91. The first-order chi connectivity index (χ1) is 7.33. The zero-order chi connectivity index (χ0) is 12.3. The summed E-state index contributed by atoms with van der Waals surface area (Å²) in [6, 6.07) is 6.36. The maximum absolute atomic E-state index is 11.2. The summed E-state index contributed by atoms with van der Waals surface area (Å²) in [4.78, 5) is 20.9. The minimum atomic E-state index is -0.966. The van der Waals surface area contributed by atoms with Crippen molar-refractivity contribution in [2.45, 2.75) is 25.1 Å². The van der Waals surface area contributed by atoms with Crippen LogP contribution in [-0.4, -0.2) is 21.7 Å². The van der Waals surface area contributed by atoms with Crippen LogP contribution in [0.2, 0.25) is 0 Å². The smallest absolute Gasteiger partial charge is 0.335 e. The molecule has 1 unspecified atom stereocenters. The Hall–Kier alpha value is -1.35. The Balaban J connectivity index is 2.84. The summed E-state index contributed by atoms with van der Waals surface area (Å²) >= 11 is 6.04. The van der Waals surface area contributed by atoms with Crippen molar-refractivity contribution in [1.29, 1.82) is 0 Å². The molecule has 0 spiro atoms. The van der Waals surface area contributed by atoms with Gasteiger partial charge in [-0.1, -0.05) is 12.1 Å². The third kappa shape index (κ3) is 3.07. The molecule has 1 rings (SSSR count). The second kappa shape index (κ2) is 4.66. The number of carbonyl (C=O) groups excluding carboxylic acids is 1. The van der Waals surface area contributed by atoms with Gasteiger partial charge < -0.3 is 5.11 Å². The lowest BCUT2D eigenvalue weighted by Crippen LogP contribution is -2.28. The number of carbonyl (C=O) groups is 2. The summed E-state index contributed by atoms with van der Waals surface area (Å²) in [5.74, 6) is -1.07. The quantitative estimate of drug-likeness (QED) is 0.823. The van der Waals surface area contributed by atoms with Gasteiger partial charge in [-0.15, -0.1) is 11.6 Å². The van der Waals surface area contributed by atoms with Gasteiger partial charge in [-0.25, -0.2) is 4.79 Å². The number of ketones is 1. The monoisotopic (exact) mass is 240 g/mol. The summed E-state index contributed by atoms with van der Waals surface area (Å²) in [6.07, 6.45) is 0.393. The van der Waals surface area contributed by atoms with E-state index in [2.05, 4.69) is 0 Å². The molecule has 4 heteroatoms. The SMILES string of the molecule is CC(=O)C(C)(Cl)Cc1ccc(C(=O)O)cc1. The maximum Gasteiger partial charge on any atom is 0.335 e. The number of Topliss-reactive ketones (excluding diaryl/α,β-unsaturated/α-hetero) is 1. The Labute approximate surface area is 99.0 Å². The highest BCUT2D eigenvalue weighted by Crippen LogP contribution is 2.22. The lowest BCUT2D eigenvalue weighted by Gasteiger charge is -2.18. The minimum Gasteiger partial charge on any atom is -0.478 e. The average molecular weight is 241 g/mol. The van der Waals surface area contributed by atoms with Crippen molar-refractivity contribution in [1.82, 2.24) is 0 Å². The lowest BCUT2D eigenvalue weighted by atomic mass is 9.96. The second-order valence-electron chi connectivity index (χ2n) is 3.93. The molecular weight excluding hydrogens is 228 g/mol. The molecule has 0 amide bonds. The number of aromatic carboxylic acids is 1. The fourth-order valence-corrected chi connectivity index (χ4v) is 1.43. The Morgan fingerprint density at radius 3 is 2.19 bits per heavy atom. The molecule has 0 radical (unpaired) electrons. The van der Waals surface area contributed by atoms with E-state index >= 15 is 0 Å². The van der Waals surface area contributed by atoms with Gasteiger partial charge in [0.2, 0.25) is 0 Å². The van der Waals surface area contributed by atoms with Gasteiger partial charge in [-0.05, 0) is 38.0 Å². The third-order valence-electron chi connectivity index (χ3n) is 2.47. The standard InChI is InChI=1S/C12H13ClO3/c1-8(14)12(2,13)7-9-3-5-10(6-4-9)11(15)16/h3-6H,7H2,1-2H3,(H,15,16). The van der Waals surface area contributed by atoms with Gasteiger partial charge in [0.1, 0.15) is 4.87 Å². The van der Waals surface area contributed by atoms with Crippen LogP contribution < -0.4 is 0 Å². The summed E-state index contributed by atoms with van der Waals surface area (Å²) in [5.41, 5.74) is 1.07. The van der Waals surface area contributed by atoms with E-state index in [1.54, 1.807) is 19.1 Å². The molecule has 0 fully saturated rings. The predicted molar refractivity (Wildman–Crippen MR) is 62.0 cm³/mol. The van der Waals surface area contributed by atoms with Crippen LogP contribution >= 0.6 is 11.6 Å². The average Bonchev–Trinajstić information content (AvgIpc) is 2.17. The van der Waals surface area contributed by atoms with Crippen molar-refractivity contribution in [3.63, 3.8) is 0 Å². The van der Waals surface area contributed by atoms with E-state index in [0.29, 0.717) is 6.42 Å². The number of carboxylic acids is 1. The Morgan fingerprint density at radius 2 is 1.81 bits per heavy atom. The number of benzene rings is 1. The molecule has 86 valence electrons. The van der Waals surface area contributed by atoms with Crippen LogP contribution in [0.25, 0.3) is 0 Å². The first kappa shape index (κ1) is 12.7. The number of hydrogen-bond donors (Lipinski definition) is 1. The van der Waals surface area contributed by atoms with E-state index in [1.807, 2.05) is 0 Å². The molecule has 0 saturated heterocycles. The molecule has 1 aromatic rings. The summed E-state index contributed by atoms with van der Waals surface area (Å²) in [7, 11) is 0. The minimum absolute atomic E-state index is 0.100. The van der Waals surface area contributed by atoms with Crippen molar-refractivity contribution in [3.05, 3.63) is 35.4 Å². The van der Waals surface area contributed by atoms with E-state index in [1.165, 1.54) is 19.1 Å². The molecule has 3 nitrogen and oxygen atoms in total. The zero-order valence-electron chi connectivity index (χ0n) is 9.16. The maximum atomic E-state index is 11.2. The fraction of sp³-hybridized carbons (Fsp3) is 0.333. The van der Waals surface area contributed by atoms with Gasteiger partial charge in [0, 0.05) is 0 Å². The van der Waals surface area contributed by atoms with Crippen molar-refractivity contribution >= 4 is 23.4 Å². The molecule has 0 saturated carbocycles. The molecule has 16 heavy (non-hydrogen) atoms. The fourth-order valence-electron chi connectivity index (χ4n) is 1.27. The Bertz CT molecular complexity index is 407. The normalized spacial score (nSPS) is 14.2. The van der Waals surface area contributed by atoms with E-state index in [4.69, 9.17) is 16.7 Å². The highest BCUT2D eigenvalue weighted by atomic mass is 35.5. The van der Waals surface area contributed by atoms with Crippen LogP contribution in [-0.2, 0) is 11.2 Å². The van der Waals surface area contributed by atoms with Gasteiger partial charge in [-0.2, -0.15) is 0 Å². The van der Waals surface area contributed by atoms with E-state index in [-0.39, 0.29) is 11.3 Å². The molecule has 1 atom stereocenters.